The fraction of sp³-hybridized carbons (Fsp3) is 0.263. The average molecular weight is 659 g/mol. The summed E-state index contributed by atoms with van der Waals surface area (Å²) in [5, 5.41) is 1.93. The van der Waals surface area contributed by atoms with Crippen molar-refractivity contribution in [3.63, 3.8) is 0 Å². The minimum absolute atomic E-state index is 0.150. The van der Waals surface area contributed by atoms with Gasteiger partial charge in [-0.3, -0.25) is 9.52 Å². The van der Waals surface area contributed by atoms with Crippen LogP contribution in [0.25, 0.3) is 15.6 Å². The van der Waals surface area contributed by atoms with Crippen LogP contribution in [0.2, 0.25) is 5.02 Å². The zero-order valence-electron chi connectivity index (χ0n) is 17.9. The van der Waals surface area contributed by atoms with Crippen LogP contribution in [-0.2, 0) is 31.5 Å². The third-order valence-electron chi connectivity index (χ3n) is 4.69. The molecular weight excluding hydrogens is 642 g/mol. The second kappa shape index (κ2) is 10.3. The lowest BCUT2D eigenvalue weighted by Crippen LogP contribution is -2.38. The molecule has 1 aliphatic heterocycles. The minimum Gasteiger partial charge on any atom is -0.748 e. The molecule has 4 rings (SSSR count). The van der Waals surface area contributed by atoms with Gasteiger partial charge in [0.2, 0.25) is 10.0 Å². The van der Waals surface area contributed by atoms with Crippen molar-refractivity contribution >= 4 is 109 Å². The zero-order valence-corrected chi connectivity index (χ0v) is 24.3. The van der Waals surface area contributed by atoms with Gasteiger partial charge >= 0.3 is 0 Å². The van der Waals surface area contributed by atoms with E-state index in [9.17, 15) is 26.2 Å². The summed E-state index contributed by atoms with van der Waals surface area (Å²) in [5.41, 5.74) is 0.669. The summed E-state index contributed by atoms with van der Waals surface area (Å²) in [5.74, 6) is -1.17. The van der Waals surface area contributed by atoms with Crippen LogP contribution in [0.4, 0.5) is 5.69 Å². The number of thiazole rings is 1. The first-order chi connectivity index (χ1) is 16.3. The molecule has 0 aliphatic carbocycles. The van der Waals surface area contributed by atoms with Crippen molar-refractivity contribution in [2.75, 3.05) is 23.5 Å². The molecular formula is C19H17BrClN3O6S5. The molecule has 1 N–H and O–H groups in total. The lowest BCUT2D eigenvalue weighted by atomic mass is 10.3. The molecule has 0 atom stereocenters. The summed E-state index contributed by atoms with van der Waals surface area (Å²) in [4.78, 5) is 15.9. The summed E-state index contributed by atoms with van der Waals surface area (Å²) < 4.78 is 62.2. The number of amides is 1. The molecule has 3 aromatic rings. The largest absolute Gasteiger partial charge is 0.748 e. The Morgan fingerprint density at radius 3 is 2.69 bits per heavy atom. The van der Waals surface area contributed by atoms with Gasteiger partial charge in [-0.2, -0.15) is 4.57 Å². The maximum atomic E-state index is 12.5. The zero-order chi connectivity index (χ0) is 25.5. The molecule has 2 aromatic heterocycles. The number of aromatic nitrogens is 1. The van der Waals surface area contributed by atoms with Crippen LogP contribution in [0.1, 0.15) is 11.4 Å². The van der Waals surface area contributed by atoms with E-state index in [-0.39, 0.29) is 13.0 Å². The lowest BCUT2D eigenvalue weighted by molar-refractivity contribution is -0.666. The molecule has 0 bridgehead atoms. The summed E-state index contributed by atoms with van der Waals surface area (Å²) in [6.07, 6.45) is 2.92. The van der Waals surface area contributed by atoms with E-state index in [4.69, 9.17) is 11.6 Å². The lowest BCUT2D eigenvalue weighted by Gasteiger charge is -2.19. The molecule has 188 valence electrons. The maximum absolute atomic E-state index is 12.5. The molecule has 35 heavy (non-hydrogen) atoms. The third-order valence-corrected chi connectivity index (χ3v) is 10.3. The molecule has 9 nitrogen and oxygen atoms in total. The minimum atomic E-state index is -4.34. The second-order valence-corrected chi connectivity index (χ2v) is 15.8. The molecule has 0 fully saturated rings. The molecule has 1 aliphatic rings. The van der Waals surface area contributed by atoms with Gasteiger partial charge in [-0.1, -0.05) is 46.0 Å². The first kappa shape index (κ1) is 26.9. The van der Waals surface area contributed by atoms with Crippen LogP contribution in [0, 0.1) is 0 Å². The standard InChI is InChI=1S/C19H17BrClN3O6S5/c1-34(26,27)22-16(25)10-24-12-7-11(21)3-4-13(12)31-18(24)9-17-23(5-2-6-35(28,29)30)19-14(32-17)8-15(20)33-19/h3-4,7-9H,2,5-6,10H2,1H3,(H-,22,25,28,29,30). The van der Waals surface area contributed by atoms with E-state index in [0.29, 0.717) is 22.3 Å². The van der Waals surface area contributed by atoms with E-state index in [1.807, 2.05) is 27.5 Å². The van der Waals surface area contributed by atoms with Gasteiger partial charge in [0.15, 0.2) is 6.54 Å². The van der Waals surface area contributed by atoms with Crippen LogP contribution in [0.15, 0.2) is 38.0 Å². The Balaban J connectivity index is 1.73. The number of hydrogen-bond donors (Lipinski definition) is 1. The van der Waals surface area contributed by atoms with Crippen LogP contribution in [0.5, 0.6) is 0 Å². The third kappa shape index (κ3) is 6.77. The Kier molecular flexibility index (Phi) is 7.89. The number of aryl methyl sites for hydroxylation is 1. The first-order valence-corrected chi connectivity index (χ1v) is 16.9. The molecule has 0 saturated heterocycles. The number of thioether (sulfide) groups is 1. The van der Waals surface area contributed by atoms with Crippen LogP contribution in [-0.4, -0.2) is 45.8 Å². The van der Waals surface area contributed by atoms with E-state index >= 15 is 0 Å². The fourth-order valence-corrected chi connectivity index (χ4v) is 8.80. The molecule has 0 spiro atoms. The summed E-state index contributed by atoms with van der Waals surface area (Å²) in [7, 11) is -8.07. The van der Waals surface area contributed by atoms with Crippen molar-refractivity contribution in [2.24, 2.45) is 0 Å². The van der Waals surface area contributed by atoms with Gasteiger partial charge in [-0.15, -0.1) is 0 Å². The molecule has 1 amide bonds. The predicted octanol–water partition coefficient (Wildman–Crippen LogP) is 3.59. The molecule has 1 aromatic carbocycles. The highest BCUT2D eigenvalue weighted by Gasteiger charge is 2.30. The van der Waals surface area contributed by atoms with Crippen LogP contribution in [0.3, 0.4) is 0 Å². The van der Waals surface area contributed by atoms with E-state index in [1.165, 1.54) is 34.4 Å². The molecule has 0 saturated carbocycles. The van der Waals surface area contributed by atoms with Crippen molar-refractivity contribution in [3.8, 4) is 0 Å². The van der Waals surface area contributed by atoms with Gasteiger partial charge in [0.05, 0.1) is 37.0 Å². The maximum Gasteiger partial charge on any atom is 0.281 e. The number of hydrogen-bond acceptors (Lipinski definition) is 10. The second-order valence-electron chi connectivity index (χ2n) is 7.51. The number of halogens is 2. The van der Waals surface area contributed by atoms with E-state index in [2.05, 4.69) is 15.9 Å². The number of nitrogens with one attached hydrogen (secondary N) is 1. The number of fused-ring (bicyclic) bond motifs is 2. The number of carbonyl (C=O) groups is 1. The van der Waals surface area contributed by atoms with Gasteiger partial charge in [-0.25, -0.2) is 16.8 Å². The SMILES string of the molecule is CS(=O)(=O)NC(=O)CN1C(=Cc2sc3cc(Br)sc3[n+]2CCCS(=O)(=O)[O-])Sc2ccc(Cl)cc21. The first-order valence-electron chi connectivity index (χ1n) is 9.81. The number of rotatable bonds is 8. The van der Waals surface area contributed by atoms with Gasteiger partial charge < -0.3 is 9.45 Å². The Morgan fingerprint density at radius 1 is 1.26 bits per heavy atom. The fourth-order valence-electron chi connectivity index (χ4n) is 3.42. The highest BCUT2D eigenvalue weighted by molar-refractivity contribution is 9.11. The smallest absolute Gasteiger partial charge is 0.281 e. The Bertz CT molecular complexity index is 1560. The predicted molar refractivity (Wildman–Crippen MR) is 142 cm³/mol. The van der Waals surface area contributed by atoms with Gasteiger partial charge in [-0.05, 0) is 40.2 Å². The van der Waals surface area contributed by atoms with E-state index < -0.39 is 31.8 Å². The molecule has 0 unspecified atom stereocenters. The normalized spacial score (nSPS) is 15.2. The van der Waals surface area contributed by atoms with E-state index in [0.717, 1.165) is 29.5 Å². The van der Waals surface area contributed by atoms with Crippen molar-refractivity contribution in [1.29, 1.82) is 0 Å². The summed E-state index contributed by atoms with van der Waals surface area (Å²) >= 11 is 14.0. The number of benzene rings is 1. The number of thiophene rings is 1. The van der Waals surface area contributed by atoms with Crippen molar-refractivity contribution < 1.29 is 30.7 Å². The van der Waals surface area contributed by atoms with Crippen molar-refractivity contribution in [2.45, 2.75) is 17.9 Å². The number of anilines is 1. The van der Waals surface area contributed by atoms with E-state index in [1.54, 1.807) is 17.0 Å². The van der Waals surface area contributed by atoms with Crippen molar-refractivity contribution in [1.82, 2.24) is 4.72 Å². The number of carbonyl (C=O) groups excluding carboxylic acids is 1. The highest BCUT2D eigenvalue weighted by Crippen LogP contribution is 2.48. The average Bonchev–Trinajstić information content (AvgIpc) is 3.32. The topological polar surface area (TPSA) is 128 Å². The van der Waals surface area contributed by atoms with Gasteiger partial charge in [0, 0.05) is 22.1 Å². The summed E-state index contributed by atoms with van der Waals surface area (Å²) in [6, 6.07) is 7.21. The number of sulfonamides is 1. The van der Waals surface area contributed by atoms with Gasteiger partial charge in [0.1, 0.15) is 11.2 Å². The Morgan fingerprint density at radius 2 is 2.00 bits per heavy atom. The van der Waals surface area contributed by atoms with Crippen LogP contribution >= 0.6 is 62.0 Å². The molecule has 0 radical (unpaired) electrons. The molecule has 16 heteroatoms. The quantitative estimate of drug-likeness (QED) is 0.288. The highest BCUT2D eigenvalue weighted by atomic mass is 79.9. The Labute approximate surface area is 227 Å². The molecule has 3 heterocycles. The monoisotopic (exact) mass is 657 g/mol. The Hall–Kier alpha value is -1.20. The van der Waals surface area contributed by atoms with Crippen molar-refractivity contribution in [3.05, 3.63) is 43.1 Å². The van der Waals surface area contributed by atoms with Gasteiger partial charge in [0.25, 0.3) is 15.7 Å². The number of nitrogens with zero attached hydrogens (tertiary/aromatic N) is 2. The summed E-state index contributed by atoms with van der Waals surface area (Å²) in [6.45, 7) is 0.0600. The van der Waals surface area contributed by atoms with Crippen LogP contribution < -0.4 is 14.2 Å².